The molecule has 2 aromatic carbocycles. The second-order valence-corrected chi connectivity index (χ2v) is 6.10. The van der Waals surface area contributed by atoms with Gasteiger partial charge >= 0.3 is 0 Å². The molecule has 4 rings (SSSR count). The third-order valence-electron chi connectivity index (χ3n) is 4.12. The van der Waals surface area contributed by atoms with Crippen LogP contribution in [0.1, 0.15) is 15.9 Å². The molecule has 138 valence electrons. The number of hydrogen-bond acceptors (Lipinski definition) is 5. The number of amides is 1. The molecule has 0 aliphatic rings. The van der Waals surface area contributed by atoms with E-state index in [0.29, 0.717) is 28.7 Å². The van der Waals surface area contributed by atoms with Crippen molar-refractivity contribution in [1.29, 1.82) is 0 Å². The van der Waals surface area contributed by atoms with Gasteiger partial charge in [-0.2, -0.15) is 0 Å². The van der Waals surface area contributed by atoms with Crippen LogP contribution in [0.3, 0.4) is 0 Å². The summed E-state index contributed by atoms with van der Waals surface area (Å²) < 4.78 is 7.46. The highest BCUT2D eigenvalue weighted by Crippen LogP contribution is 2.22. The lowest BCUT2D eigenvalue weighted by atomic mass is 10.1. The average Bonchev–Trinajstić information content (AvgIpc) is 3.25. The van der Waals surface area contributed by atoms with Crippen LogP contribution in [0.2, 0.25) is 0 Å². The molecular weight excluding hydrogens is 354 g/mol. The Labute approximate surface area is 161 Å². The first-order chi connectivity index (χ1) is 13.7. The molecule has 1 amide bonds. The zero-order valence-electron chi connectivity index (χ0n) is 15.1. The van der Waals surface area contributed by atoms with Crippen molar-refractivity contribution < 1.29 is 9.53 Å². The number of anilines is 1. The van der Waals surface area contributed by atoms with E-state index >= 15 is 0 Å². The molecule has 7 heteroatoms. The van der Waals surface area contributed by atoms with Crippen molar-refractivity contribution in [1.82, 2.24) is 19.7 Å². The molecule has 7 nitrogen and oxygen atoms in total. The van der Waals surface area contributed by atoms with Crippen LogP contribution in [0.15, 0.2) is 79.4 Å². The van der Waals surface area contributed by atoms with Crippen molar-refractivity contribution in [2.45, 2.75) is 6.92 Å². The van der Waals surface area contributed by atoms with Gasteiger partial charge in [-0.1, -0.05) is 18.2 Å². The Hall–Kier alpha value is -4.00. The molecule has 0 saturated heterocycles. The first-order valence-electron chi connectivity index (χ1n) is 8.66. The largest absolute Gasteiger partial charge is 0.438 e. The quantitative estimate of drug-likeness (QED) is 0.573. The third kappa shape index (κ3) is 3.88. The first kappa shape index (κ1) is 17.4. The predicted octanol–water partition coefficient (Wildman–Crippen LogP) is 4.02. The van der Waals surface area contributed by atoms with Gasteiger partial charge in [0.05, 0.1) is 0 Å². The number of aromatic nitrogens is 4. The molecule has 2 aromatic heterocycles. The standard InChI is InChI=1S/C21H17N5O2/c1-15-4-2-3-5-18(15)21(27)23-16-6-8-17(9-7-16)28-20-11-10-19(24-25-20)26-13-12-22-14-26/h2-14H,1H3,(H,23,27). The van der Waals surface area contributed by atoms with E-state index in [9.17, 15) is 4.79 Å². The van der Waals surface area contributed by atoms with Crippen molar-refractivity contribution in [2.75, 3.05) is 5.32 Å². The summed E-state index contributed by atoms with van der Waals surface area (Å²) in [4.78, 5) is 16.3. The average molecular weight is 371 g/mol. The zero-order chi connectivity index (χ0) is 19.3. The number of carbonyl (C=O) groups is 1. The summed E-state index contributed by atoms with van der Waals surface area (Å²) in [5, 5.41) is 11.0. The molecule has 4 aromatic rings. The van der Waals surface area contributed by atoms with Gasteiger partial charge in [0.1, 0.15) is 12.1 Å². The highest BCUT2D eigenvalue weighted by atomic mass is 16.5. The van der Waals surface area contributed by atoms with Crippen LogP contribution in [-0.2, 0) is 0 Å². The Morgan fingerprint density at radius 2 is 1.82 bits per heavy atom. The molecule has 0 aliphatic carbocycles. The van der Waals surface area contributed by atoms with Crippen LogP contribution in [-0.4, -0.2) is 25.7 Å². The van der Waals surface area contributed by atoms with Gasteiger partial charge in [0.25, 0.3) is 5.91 Å². The molecule has 0 saturated carbocycles. The number of nitrogens with zero attached hydrogens (tertiary/aromatic N) is 4. The summed E-state index contributed by atoms with van der Waals surface area (Å²) in [6, 6.07) is 18.1. The van der Waals surface area contributed by atoms with E-state index in [1.54, 1.807) is 65.8 Å². The minimum Gasteiger partial charge on any atom is -0.438 e. The van der Waals surface area contributed by atoms with Crippen LogP contribution in [0.25, 0.3) is 5.82 Å². The lowest BCUT2D eigenvalue weighted by Crippen LogP contribution is -2.13. The number of nitrogens with one attached hydrogen (secondary N) is 1. The maximum Gasteiger partial charge on any atom is 0.255 e. The van der Waals surface area contributed by atoms with Gasteiger partial charge < -0.3 is 10.1 Å². The molecule has 1 N–H and O–H groups in total. The zero-order valence-corrected chi connectivity index (χ0v) is 15.1. The van der Waals surface area contributed by atoms with Crippen molar-refractivity contribution in [2.24, 2.45) is 0 Å². The fourth-order valence-electron chi connectivity index (χ4n) is 2.65. The van der Waals surface area contributed by atoms with Crippen LogP contribution in [0.5, 0.6) is 11.6 Å². The molecule has 0 aliphatic heterocycles. The number of carbonyl (C=O) groups excluding carboxylic acids is 1. The van der Waals surface area contributed by atoms with E-state index in [0.717, 1.165) is 5.56 Å². The summed E-state index contributed by atoms with van der Waals surface area (Å²) in [5.74, 6) is 1.48. The Kier molecular flexibility index (Phi) is 4.79. The van der Waals surface area contributed by atoms with Gasteiger partial charge in [0, 0.05) is 29.7 Å². The summed E-state index contributed by atoms with van der Waals surface area (Å²) in [7, 11) is 0. The molecule has 28 heavy (non-hydrogen) atoms. The fraction of sp³-hybridized carbons (Fsp3) is 0.0476. The predicted molar refractivity (Wildman–Crippen MR) is 105 cm³/mol. The third-order valence-corrected chi connectivity index (χ3v) is 4.12. The van der Waals surface area contributed by atoms with Gasteiger partial charge in [-0.15, -0.1) is 10.2 Å². The van der Waals surface area contributed by atoms with E-state index in [1.165, 1.54) is 0 Å². The Morgan fingerprint density at radius 1 is 1.00 bits per heavy atom. The Morgan fingerprint density at radius 3 is 2.50 bits per heavy atom. The Bertz CT molecular complexity index is 1070. The first-order valence-corrected chi connectivity index (χ1v) is 8.66. The smallest absolute Gasteiger partial charge is 0.255 e. The van der Waals surface area contributed by atoms with Crippen LogP contribution in [0, 0.1) is 6.92 Å². The number of rotatable bonds is 5. The van der Waals surface area contributed by atoms with Crippen molar-refractivity contribution >= 4 is 11.6 Å². The molecule has 0 fully saturated rings. The van der Waals surface area contributed by atoms with Crippen LogP contribution >= 0.6 is 0 Å². The number of ether oxygens (including phenoxy) is 1. The maximum absolute atomic E-state index is 12.4. The minimum atomic E-state index is -0.146. The van der Waals surface area contributed by atoms with Crippen molar-refractivity contribution in [3.8, 4) is 17.4 Å². The van der Waals surface area contributed by atoms with Crippen LogP contribution in [0.4, 0.5) is 5.69 Å². The van der Waals surface area contributed by atoms with Gasteiger partial charge in [0.2, 0.25) is 5.88 Å². The summed E-state index contributed by atoms with van der Waals surface area (Å²) >= 11 is 0. The number of aryl methyl sites for hydroxylation is 1. The minimum absolute atomic E-state index is 0.146. The molecule has 0 unspecified atom stereocenters. The summed E-state index contributed by atoms with van der Waals surface area (Å²) in [5.41, 5.74) is 2.26. The number of hydrogen-bond donors (Lipinski definition) is 1. The van der Waals surface area contributed by atoms with Gasteiger partial charge in [0.15, 0.2) is 5.82 Å². The second-order valence-electron chi connectivity index (χ2n) is 6.10. The van der Waals surface area contributed by atoms with E-state index in [4.69, 9.17) is 4.74 Å². The molecule has 0 radical (unpaired) electrons. The lowest BCUT2D eigenvalue weighted by molar-refractivity contribution is 0.102. The number of benzene rings is 2. The van der Waals surface area contributed by atoms with Crippen molar-refractivity contribution in [3.63, 3.8) is 0 Å². The topological polar surface area (TPSA) is 81.9 Å². The van der Waals surface area contributed by atoms with E-state index in [1.807, 2.05) is 25.1 Å². The highest BCUT2D eigenvalue weighted by Gasteiger charge is 2.09. The van der Waals surface area contributed by atoms with E-state index in [2.05, 4.69) is 20.5 Å². The summed E-state index contributed by atoms with van der Waals surface area (Å²) in [6.45, 7) is 1.91. The SMILES string of the molecule is Cc1ccccc1C(=O)Nc1ccc(Oc2ccc(-n3ccnc3)nn2)cc1. The fourth-order valence-corrected chi connectivity index (χ4v) is 2.65. The number of imidazole rings is 1. The maximum atomic E-state index is 12.4. The van der Waals surface area contributed by atoms with E-state index < -0.39 is 0 Å². The second kappa shape index (κ2) is 7.71. The molecule has 2 heterocycles. The van der Waals surface area contributed by atoms with Gasteiger partial charge in [-0.05, 0) is 48.9 Å². The summed E-state index contributed by atoms with van der Waals surface area (Å²) in [6.07, 6.45) is 5.11. The van der Waals surface area contributed by atoms with Crippen LogP contribution < -0.4 is 10.1 Å². The lowest BCUT2D eigenvalue weighted by Gasteiger charge is -2.09. The van der Waals surface area contributed by atoms with Crippen molar-refractivity contribution in [3.05, 3.63) is 90.5 Å². The van der Waals surface area contributed by atoms with Gasteiger partial charge in [-0.25, -0.2) is 4.98 Å². The molecule has 0 spiro atoms. The molecule has 0 bridgehead atoms. The van der Waals surface area contributed by atoms with E-state index in [-0.39, 0.29) is 5.91 Å². The molecule has 0 atom stereocenters. The normalized spacial score (nSPS) is 10.5. The Balaban J connectivity index is 1.41. The highest BCUT2D eigenvalue weighted by molar-refractivity contribution is 6.05. The molecular formula is C21H17N5O2. The van der Waals surface area contributed by atoms with Gasteiger partial charge in [-0.3, -0.25) is 9.36 Å². The monoisotopic (exact) mass is 371 g/mol.